The van der Waals surface area contributed by atoms with Crippen molar-refractivity contribution in [2.75, 3.05) is 33.8 Å². The fraction of sp³-hybridized carbons (Fsp3) is 0.389. The molecule has 0 fully saturated rings. The van der Waals surface area contributed by atoms with Gasteiger partial charge in [-0.2, -0.15) is 0 Å². The second kappa shape index (κ2) is 8.58. The molecule has 0 aliphatic heterocycles. The first kappa shape index (κ1) is 18.9. The van der Waals surface area contributed by atoms with E-state index in [0.717, 1.165) is 10.2 Å². The van der Waals surface area contributed by atoms with E-state index in [9.17, 15) is 9.90 Å². The van der Waals surface area contributed by atoms with Gasteiger partial charge in [0.1, 0.15) is 31.6 Å². The number of ether oxygens (including phenoxy) is 1. The molecule has 1 aromatic carbocycles. The Morgan fingerprint density at radius 3 is 2.62 bits per heavy atom. The summed E-state index contributed by atoms with van der Waals surface area (Å²) in [5, 5.41) is 10.1. The van der Waals surface area contributed by atoms with Crippen molar-refractivity contribution < 1.29 is 23.5 Å². The molecular formula is C18H23BrNO4+. The Morgan fingerprint density at radius 1 is 1.29 bits per heavy atom. The van der Waals surface area contributed by atoms with Crippen molar-refractivity contribution in [1.29, 1.82) is 0 Å². The minimum absolute atomic E-state index is 0.0520. The number of furan rings is 1. The Balaban J connectivity index is 1.78. The standard InChI is InChI=1S/C18H23BrNO4/c1-20(2,11-18(22)14-5-7-15(19)8-6-14)10-16(21)12-23-13-17-4-3-9-24-17/h3-9,16,21H,10-13H2,1-2H3/q+1/t16-/m1/s1. The molecule has 0 radical (unpaired) electrons. The molecule has 2 aromatic rings. The summed E-state index contributed by atoms with van der Waals surface area (Å²) in [6, 6.07) is 10.9. The van der Waals surface area contributed by atoms with Crippen LogP contribution in [0.15, 0.2) is 51.6 Å². The Kier molecular flexibility index (Phi) is 6.74. The van der Waals surface area contributed by atoms with E-state index < -0.39 is 6.10 Å². The van der Waals surface area contributed by atoms with Gasteiger partial charge in [-0.1, -0.05) is 28.1 Å². The number of carbonyl (C=O) groups excluding carboxylic acids is 1. The van der Waals surface area contributed by atoms with Crippen molar-refractivity contribution in [3.8, 4) is 0 Å². The van der Waals surface area contributed by atoms with Gasteiger partial charge >= 0.3 is 0 Å². The highest BCUT2D eigenvalue weighted by molar-refractivity contribution is 9.10. The van der Waals surface area contributed by atoms with Crippen LogP contribution in [0.2, 0.25) is 0 Å². The maximum atomic E-state index is 12.4. The Bertz CT molecular complexity index is 638. The summed E-state index contributed by atoms with van der Waals surface area (Å²) >= 11 is 3.36. The van der Waals surface area contributed by atoms with Crippen molar-refractivity contribution in [3.63, 3.8) is 0 Å². The number of ketones is 1. The van der Waals surface area contributed by atoms with Gasteiger partial charge in [0.05, 0.1) is 27.0 Å². The summed E-state index contributed by atoms with van der Waals surface area (Å²) in [6.07, 6.45) is 0.940. The van der Waals surface area contributed by atoms with E-state index in [-0.39, 0.29) is 12.4 Å². The van der Waals surface area contributed by atoms with E-state index in [4.69, 9.17) is 9.15 Å². The van der Waals surface area contributed by atoms with Crippen LogP contribution in [0, 0.1) is 0 Å². The zero-order valence-electron chi connectivity index (χ0n) is 13.9. The molecule has 1 N–H and O–H groups in total. The maximum Gasteiger partial charge on any atom is 0.216 e. The van der Waals surface area contributed by atoms with Crippen LogP contribution in [0.1, 0.15) is 16.1 Å². The summed E-state index contributed by atoms with van der Waals surface area (Å²) in [6.45, 7) is 1.28. The number of carbonyl (C=O) groups is 1. The van der Waals surface area contributed by atoms with Crippen molar-refractivity contribution in [3.05, 3.63) is 58.5 Å². The molecule has 5 nitrogen and oxygen atoms in total. The predicted octanol–water partition coefficient (Wildman–Crippen LogP) is 2.88. The summed E-state index contributed by atoms with van der Waals surface area (Å²) in [4.78, 5) is 12.4. The summed E-state index contributed by atoms with van der Waals surface area (Å²) in [5.41, 5.74) is 0.674. The first-order valence-electron chi connectivity index (χ1n) is 7.75. The Labute approximate surface area is 150 Å². The second-order valence-electron chi connectivity index (χ2n) is 6.45. The highest BCUT2D eigenvalue weighted by Crippen LogP contribution is 2.13. The van der Waals surface area contributed by atoms with Crippen LogP contribution in [0.3, 0.4) is 0 Å². The van der Waals surface area contributed by atoms with Crippen molar-refractivity contribution in [2.45, 2.75) is 12.7 Å². The number of aliphatic hydroxyl groups excluding tert-OH is 1. The molecule has 1 heterocycles. The van der Waals surface area contributed by atoms with E-state index >= 15 is 0 Å². The van der Waals surface area contributed by atoms with E-state index in [0.29, 0.717) is 29.7 Å². The quantitative estimate of drug-likeness (QED) is 0.522. The number of hydrogen-bond donors (Lipinski definition) is 1. The van der Waals surface area contributed by atoms with Crippen molar-refractivity contribution in [2.24, 2.45) is 0 Å². The monoisotopic (exact) mass is 396 g/mol. The fourth-order valence-corrected chi connectivity index (χ4v) is 2.76. The zero-order valence-corrected chi connectivity index (χ0v) is 15.5. The van der Waals surface area contributed by atoms with Crippen LogP contribution in [-0.4, -0.2) is 55.3 Å². The largest absolute Gasteiger partial charge is 0.467 e. The lowest BCUT2D eigenvalue weighted by molar-refractivity contribution is -0.885. The first-order chi connectivity index (χ1) is 11.4. The van der Waals surface area contributed by atoms with Gasteiger partial charge in [-0.3, -0.25) is 4.79 Å². The topological polar surface area (TPSA) is 59.7 Å². The van der Waals surface area contributed by atoms with Crippen LogP contribution in [0.5, 0.6) is 0 Å². The smallest absolute Gasteiger partial charge is 0.216 e. The number of aliphatic hydroxyl groups is 1. The third-order valence-electron chi connectivity index (χ3n) is 3.58. The first-order valence-corrected chi connectivity index (χ1v) is 8.54. The molecule has 24 heavy (non-hydrogen) atoms. The minimum Gasteiger partial charge on any atom is -0.467 e. The van der Waals surface area contributed by atoms with Gasteiger partial charge < -0.3 is 18.7 Å². The number of halogens is 1. The molecule has 2 rings (SSSR count). The molecule has 0 bridgehead atoms. The summed E-state index contributed by atoms with van der Waals surface area (Å²) < 4.78 is 11.9. The molecule has 0 unspecified atom stereocenters. The molecule has 0 spiro atoms. The van der Waals surface area contributed by atoms with Gasteiger partial charge in [-0.05, 0) is 24.3 Å². The average Bonchev–Trinajstić information content (AvgIpc) is 3.00. The fourth-order valence-electron chi connectivity index (χ4n) is 2.49. The lowest BCUT2D eigenvalue weighted by atomic mass is 10.1. The molecule has 1 atom stereocenters. The van der Waals surface area contributed by atoms with Crippen LogP contribution in [0.25, 0.3) is 0 Å². The third-order valence-corrected chi connectivity index (χ3v) is 4.11. The van der Waals surface area contributed by atoms with Crippen LogP contribution < -0.4 is 0 Å². The molecule has 0 saturated heterocycles. The molecular weight excluding hydrogens is 374 g/mol. The molecule has 0 saturated carbocycles. The van der Waals surface area contributed by atoms with Gasteiger partial charge in [-0.15, -0.1) is 0 Å². The number of quaternary nitrogens is 1. The SMILES string of the molecule is C[N+](C)(CC(=O)c1ccc(Br)cc1)C[C@@H](O)COCc1ccco1. The summed E-state index contributed by atoms with van der Waals surface area (Å²) in [5.74, 6) is 0.776. The zero-order chi connectivity index (χ0) is 17.6. The molecule has 0 amide bonds. The van der Waals surface area contributed by atoms with Crippen LogP contribution >= 0.6 is 15.9 Å². The van der Waals surface area contributed by atoms with Crippen LogP contribution in [-0.2, 0) is 11.3 Å². The Morgan fingerprint density at radius 2 is 2.00 bits per heavy atom. The van der Waals surface area contributed by atoms with E-state index in [1.165, 1.54) is 0 Å². The number of Topliss-reactive ketones (excluding diaryl/α,β-unsaturated/α-hetero) is 1. The number of nitrogens with zero attached hydrogens (tertiary/aromatic N) is 1. The van der Waals surface area contributed by atoms with Crippen molar-refractivity contribution in [1.82, 2.24) is 0 Å². The number of likely N-dealkylation sites (N-methyl/N-ethyl adjacent to an activating group) is 1. The van der Waals surface area contributed by atoms with Gasteiger partial charge in [0.15, 0.2) is 0 Å². The molecule has 0 aliphatic carbocycles. The molecule has 1 aromatic heterocycles. The minimum atomic E-state index is -0.646. The predicted molar refractivity (Wildman–Crippen MR) is 94.7 cm³/mol. The van der Waals surface area contributed by atoms with Gasteiger partial charge in [0.25, 0.3) is 0 Å². The average molecular weight is 397 g/mol. The van der Waals surface area contributed by atoms with Gasteiger partial charge in [0, 0.05) is 10.0 Å². The van der Waals surface area contributed by atoms with Gasteiger partial charge in [-0.25, -0.2) is 0 Å². The van der Waals surface area contributed by atoms with E-state index in [1.807, 2.05) is 32.3 Å². The second-order valence-corrected chi connectivity index (χ2v) is 7.37. The number of rotatable bonds is 9. The Hall–Kier alpha value is -1.47. The van der Waals surface area contributed by atoms with Crippen molar-refractivity contribution >= 4 is 21.7 Å². The lowest BCUT2D eigenvalue weighted by Crippen LogP contribution is -2.49. The number of benzene rings is 1. The number of hydrogen-bond acceptors (Lipinski definition) is 4. The molecule has 6 heteroatoms. The summed E-state index contributed by atoms with van der Waals surface area (Å²) in [7, 11) is 3.85. The van der Waals surface area contributed by atoms with Crippen LogP contribution in [0.4, 0.5) is 0 Å². The molecule has 130 valence electrons. The highest BCUT2D eigenvalue weighted by Gasteiger charge is 2.25. The lowest BCUT2D eigenvalue weighted by Gasteiger charge is -2.31. The van der Waals surface area contributed by atoms with E-state index in [2.05, 4.69) is 15.9 Å². The van der Waals surface area contributed by atoms with Gasteiger partial charge in [0.2, 0.25) is 5.78 Å². The highest BCUT2D eigenvalue weighted by atomic mass is 79.9. The normalized spacial score (nSPS) is 13.0. The van der Waals surface area contributed by atoms with E-state index in [1.54, 1.807) is 24.5 Å². The molecule has 0 aliphatic rings. The third kappa shape index (κ3) is 6.20. The maximum absolute atomic E-state index is 12.4.